The zero-order chi connectivity index (χ0) is 20.4. The van der Waals surface area contributed by atoms with E-state index in [4.69, 9.17) is 14.2 Å². The number of hydrogen-bond donors (Lipinski definition) is 1. The topological polar surface area (TPSA) is 90.9 Å². The molecule has 0 aliphatic rings. The van der Waals surface area contributed by atoms with Gasteiger partial charge in [0, 0.05) is 13.2 Å². The molecule has 8 heteroatoms. The molecule has 2 rings (SSSR count). The molecule has 152 valence electrons. The molecule has 0 aromatic heterocycles. The minimum absolute atomic E-state index is 0.0666. The Morgan fingerprint density at radius 2 is 1.68 bits per heavy atom. The number of carbonyl (C=O) groups excluding carboxylic acids is 1. The van der Waals surface area contributed by atoms with Crippen molar-refractivity contribution in [3.05, 3.63) is 60.2 Å². The quantitative estimate of drug-likeness (QED) is 0.453. The maximum absolute atomic E-state index is 12.8. The molecule has 0 amide bonds. The molecule has 0 fully saturated rings. The second kappa shape index (κ2) is 10.8. The summed E-state index contributed by atoms with van der Waals surface area (Å²) >= 11 is 0. The molecule has 0 saturated heterocycles. The highest BCUT2D eigenvalue weighted by Crippen LogP contribution is 2.17. The summed E-state index contributed by atoms with van der Waals surface area (Å²) in [4.78, 5) is 11.8. The van der Waals surface area contributed by atoms with Crippen molar-refractivity contribution in [1.82, 2.24) is 4.72 Å². The van der Waals surface area contributed by atoms with Gasteiger partial charge in [-0.1, -0.05) is 30.3 Å². The zero-order valence-electron chi connectivity index (χ0n) is 16.0. The number of nitrogens with one attached hydrogen (secondary N) is 1. The van der Waals surface area contributed by atoms with Crippen LogP contribution in [0, 0.1) is 0 Å². The van der Waals surface area contributed by atoms with Gasteiger partial charge in [-0.15, -0.1) is 0 Å². The molecule has 0 aliphatic heterocycles. The lowest BCUT2D eigenvalue weighted by Crippen LogP contribution is -2.38. The van der Waals surface area contributed by atoms with E-state index in [0.29, 0.717) is 25.4 Å². The van der Waals surface area contributed by atoms with E-state index in [1.807, 2.05) is 30.3 Å². The summed E-state index contributed by atoms with van der Waals surface area (Å²) in [6.07, 6.45) is 0.302. The van der Waals surface area contributed by atoms with Gasteiger partial charge in [0.15, 0.2) is 0 Å². The second-order valence-electron chi connectivity index (χ2n) is 6.10. The highest BCUT2D eigenvalue weighted by Gasteiger charge is 2.23. The second-order valence-corrected chi connectivity index (χ2v) is 7.81. The highest BCUT2D eigenvalue weighted by molar-refractivity contribution is 7.89. The van der Waals surface area contributed by atoms with Crippen molar-refractivity contribution in [2.75, 3.05) is 27.4 Å². The standard InChI is InChI=1S/C20H25NO6S/c1-25-12-13-27-18-8-10-19(11-9-18)28(23,24)21-17(15-20(22)26-2)14-16-6-4-3-5-7-16/h3-11,17,21H,12-15H2,1-2H3. The summed E-state index contributed by atoms with van der Waals surface area (Å²) in [5.41, 5.74) is 0.918. The number of carbonyl (C=O) groups is 1. The first kappa shape index (κ1) is 21.9. The summed E-state index contributed by atoms with van der Waals surface area (Å²) in [6.45, 7) is 0.815. The number of methoxy groups -OCH3 is 2. The van der Waals surface area contributed by atoms with Crippen LogP contribution < -0.4 is 9.46 Å². The van der Waals surface area contributed by atoms with Crippen LogP contribution >= 0.6 is 0 Å². The minimum Gasteiger partial charge on any atom is -0.491 e. The summed E-state index contributed by atoms with van der Waals surface area (Å²) in [6, 6.07) is 14.8. The van der Waals surface area contributed by atoms with Gasteiger partial charge in [-0.2, -0.15) is 0 Å². The van der Waals surface area contributed by atoms with E-state index >= 15 is 0 Å². The monoisotopic (exact) mass is 407 g/mol. The molecule has 0 saturated carbocycles. The summed E-state index contributed by atoms with van der Waals surface area (Å²) in [7, 11) is -0.963. The van der Waals surface area contributed by atoms with E-state index in [1.54, 1.807) is 19.2 Å². The van der Waals surface area contributed by atoms with Crippen LogP contribution in [-0.4, -0.2) is 47.9 Å². The molecular formula is C20H25NO6S. The van der Waals surface area contributed by atoms with Crippen molar-refractivity contribution in [3.63, 3.8) is 0 Å². The van der Waals surface area contributed by atoms with Gasteiger partial charge in [0.2, 0.25) is 10.0 Å². The van der Waals surface area contributed by atoms with E-state index in [0.717, 1.165) is 5.56 Å². The Bertz CT molecular complexity index is 837. The van der Waals surface area contributed by atoms with Crippen LogP contribution in [0.5, 0.6) is 5.75 Å². The number of esters is 1. The van der Waals surface area contributed by atoms with Crippen LogP contribution in [0.15, 0.2) is 59.5 Å². The van der Waals surface area contributed by atoms with Crippen molar-refractivity contribution in [3.8, 4) is 5.75 Å². The predicted octanol–water partition coefficient (Wildman–Crippen LogP) is 2.16. The van der Waals surface area contributed by atoms with Crippen molar-refractivity contribution in [2.45, 2.75) is 23.8 Å². The van der Waals surface area contributed by atoms with Crippen LogP contribution in [0.1, 0.15) is 12.0 Å². The smallest absolute Gasteiger partial charge is 0.307 e. The fourth-order valence-electron chi connectivity index (χ4n) is 2.58. The Kier molecular flexibility index (Phi) is 8.43. The summed E-state index contributed by atoms with van der Waals surface area (Å²) in [5, 5.41) is 0. The maximum Gasteiger partial charge on any atom is 0.307 e. The molecule has 2 aromatic rings. The molecule has 0 heterocycles. The van der Waals surface area contributed by atoms with E-state index in [9.17, 15) is 13.2 Å². The van der Waals surface area contributed by atoms with E-state index in [-0.39, 0.29) is 11.3 Å². The van der Waals surface area contributed by atoms with Crippen molar-refractivity contribution >= 4 is 16.0 Å². The number of sulfonamides is 1. The first-order valence-electron chi connectivity index (χ1n) is 8.79. The van der Waals surface area contributed by atoms with Gasteiger partial charge in [0.25, 0.3) is 0 Å². The van der Waals surface area contributed by atoms with Crippen molar-refractivity contribution < 1.29 is 27.4 Å². The third-order valence-corrected chi connectivity index (χ3v) is 5.51. The van der Waals surface area contributed by atoms with Gasteiger partial charge in [-0.05, 0) is 36.2 Å². The first-order valence-corrected chi connectivity index (χ1v) is 10.3. The molecule has 7 nitrogen and oxygen atoms in total. The third-order valence-electron chi connectivity index (χ3n) is 3.98. The van der Waals surface area contributed by atoms with Crippen LogP contribution in [0.25, 0.3) is 0 Å². The van der Waals surface area contributed by atoms with Gasteiger partial charge in [-0.3, -0.25) is 4.79 Å². The average molecular weight is 407 g/mol. The Morgan fingerprint density at radius 3 is 2.29 bits per heavy atom. The molecule has 0 radical (unpaired) electrons. The fourth-order valence-corrected chi connectivity index (χ4v) is 3.82. The maximum atomic E-state index is 12.8. The van der Waals surface area contributed by atoms with E-state index in [1.165, 1.54) is 19.2 Å². The molecule has 0 spiro atoms. The zero-order valence-corrected chi connectivity index (χ0v) is 16.8. The van der Waals surface area contributed by atoms with Gasteiger partial charge in [0.05, 0.1) is 25.0 Å². The summed E-state index contributed by atoms with van der Waals surface area (Å²) in [5.74, 6) is 0.0666. The van der Waals surface area contributed by atoms with Crippen LogP contribution in [-0.2, 0) is 30.7 Å². The Balaban J connectivity index is 2.11. The number of rotatable bonds is 11. The minimum atomic E-state index is -3.81. The lowest BCUT2D eigenvalue weighted by Gasteiger charge is -2.18. The lowest BCUT2D eigenvalue weighted by molar-refractivity contribution is -0.141. The van der Waals surface area contributed by atoms with Crippen LogP contribution in [0.3, 0.4) is 0 Å². The SMILES string of the molecule is COCCOc1ccc(S(=O)(=O)NC(CC(=O)OC)Cc2ccccc2)cc1. The van der Waals surface area contributed by atoms with E-state index < -0.39 is 22.0 Å². The lowest BCUT2D eigenvalue weighted by atomic mass is 10.0. The van der Waals surface area contributed by atoms with Crippen LogP contribution in [0.2, 0.25) is 0 Å². The van der Waals surface area contributed by atoms with Gasteiger partial charge >= 0.3 is 5.97 Å². The van der Waals surface area contributed by atoms with Crippen molar-refractivity contribution in [2.24, 2.45) is 0 Å². The number of benzene rings is 2. The molecule has 28 heavy (non-hydrogen) atoms. The average Bonchev–Trinajstić information content (AvgIpc) is 2.69. The molecule has 1 unspecified atom stereocenters. The van der Waals surface area contributed by atoms with Gasteiger partial charge in [-0.25, -0.2) is 13.1 Å². The Morgan fingerprint density at radius 1 is 1.00 bits per heavy atom. The molecule has 0 aliphatic carbocycles. The Labute approximate surface area is 165 Å². The molecule has 2 aromatic carbocycles. The molecule has 0 bridgehead atoms. The predicted molar refractivity (Wildman–Crippen MR) is 105 cm³/mol. The largest absolute Gasteiger partial charge is 0.491 e. The number of hydrogen-bond acceptors (Lipinski definition) is 6. The molecular weight excluding hydrogens is 382 g/mol. The fraction of sp³-hybridized carbons (Fsp3) is 0.350. The van der Waals surface area contributed by atoms with Gasteiger partial charge in [0.1, 0.15) is 12.4 Å². The molecule has 1 atom stereocenters. The first-order chi connectivity index (χ1) is 13.4. The number of ether oxygens (including phenoxy) is 3. The normalized spacial score (nSPS) is 12.4. The molecule has 1 N–H and O–H groups in total. The van der Waals surface area contributed by atoms with Gasteiger partial charge < -0.3 is 14.2 Å². The Hall–Kier alpha value is -2.42. The van der Waals surface area contributed by atoms with Crippen LogP contribution in [0.4, 0.5) is 0 Å². The highest BCUT2D eigenvalue weighted by atomic mass is 32.2. The third kappa shape index (κ3) is 6.95. The summed E-state index contributed by atoms with van der Waals surface area (Å²) < 4.78 is 43.2. The van der Waals surface area contributed by atoms with Crippen molar-refractivity contribution in [1.29, 1.82) is 0 Å². The van der Waals surface area contributed by atoms with E-state index in [2.05, 4.69) is 4.72 Å².